The third kappa shape index (κ3) is 3.81. The van der Waals surface area contributed by atoms with Crippen LogP contribution in [0.15, 0.2) is 70.8 Å². The standard InChI is InChI=1S/C22H23N3O3/c1-4-13-24-21(27)18-7-5-6-8-19(18)25(22(24)28)14-20(26)23-17-11-9-16(10-12-17)15(2)3/h4-12,15H,1,13-14H2,2-3H3,(H,23,26). The number of amides is 1. The molecule has 0 saturated heterocycles. The number of hydrogen-bond donors (Lipinski definition) is 1. The summed E-state index contributed by atoms with van der Waals surface area (Å²) in [4.78, 5) is 37.9. The second-order valence-electron chi connectivity index (χ2n) is 6.92. The van der Waals surface area contributed by atoms with Crippen molar-refractivity contribution in [2.75, 3.05) is 5.32 Å². The van der Waals surface area contributed by atoms with Gasteiger partial charge in [0.1, 0.15) is 6.54 Å². The van der Waals surface area contributed by atoms with Crippen LogP contribution in [0.3, 0.4) is 0 Å². The molecule has 6 heteroatoms. The number of allylic oxidation sites excluding steroid dienone is 1. The molecule has 0 fully saturated rings. The van der Waals surface area contributed by atoms with Gasteiger partial charge in [0, 0.05) is 12.2 Å². The fourth-order valence-electron chi connectivity index (χ4n) is 3.11. The van der Waals surface area contributed by atoms with Crippen LogP contribution in [0.4, 0.5) is 5.69 Å². The van der Waals surface area contributed by atoms with Crippen LogP contribution in [0, 0.1) is 0 Å². The lowest BCUT2D eigenvalue weighted by molar-refractivity contribution is -0.116. The van der Waals surface area contributed by atoms with Crippen molar-refractivity contribution in [2.45, 2.75) is 32.9 Å². The van der Waals surface area contributed by atoms with Crippen molar-refractivity contribution in [1.29, 1.82) is 0 Å². The highest BCUT2D eigenvalue weighted by atomic mass is 16.2. The van der Waals surface area contributed by atoms with Crippen LogP contribution in [0.5, 0.6) is 0 Å². The largest absolute Gasteiger partial charge is 0.332 e. The Morgan fingerprint density at radius 3 is 2.39 bits per heavy atom. The number of rotatable bonds is 6. The Hall–Kier alpha value is -3.41. The SMILES string of the molecule is C=CCn1c(=O)c2ccccc2n(CC(=O)Nc2ccc(C(C)C)cc2)c1=O. The third-order valence-electron chi connectivity index (χ3n) is 4.61. The van der Waals surface area contributed by atoms with Crippen LogP contribution in [0.2, 0.25) is 0 Å². The maximum atomic E-state index is 12.8. The lowest BCUT2D eigenvalue weighted by Crippen LogP contribution is -2.41. The van der Waals surface area contributed by atoms with Crippen molar-refractivity contribution in [2.24, 2.45) is 0 Å². The van der Waals surface area contributed by atoms with Gasteiger partial charge in [-0.15, -0.1) is 6.58 Å². The fourth-order valence-corrected chi connectivity index (χ4v) is 3.11. The summed E-state index contributed by atoms with van der Waals surface area (Å²) in [5.74, 6) is 0.0638. The van der Waals surface area contributed by atoms with Crippen LogP contribution in [-0.4, -0.2) is 15.0 Å². The van der Waals surface area contributed by atoms with E-state index >= 15 is 0 Å². The van der Waals surface area contributed by atoms with E-state index < -0.39 is 5.69 Å². The van der Waals surface area contributed by atoms with Crippen molar-refractivity contribution in [3.63, 3.8) is 0 Å². The molecule has 3 aromatic rings. The first-order valence-electron chi connectivity index (χ1n) is 9.15. The predicted octanol–water partition coefficient (Wildman–Crippen LogP) is 3.11. The van der Waals surface area contributed by atoms with Gasteiger partial charge in [-0.3, -0.25) is 18.7 Å². The van der Waals surface area contributed by atoms with Gasteiger partial charge in [-0.1, -0.05) is 44.2 Å². The number of nitrogens with one attached hydrogen (secondary N) is 1. The van der Waals surface area contributed by atoms with Gasteiger partial charge in [-0.2, -0.15) is 0 Å². The fraction of sp³-hybridized carbons (Fsp3) is 0.227. The van der Waals surface area contributed by atoms with Crippen molar-refractivity contribution < 1.29 is 4.79 Å². The molecule has 1 aromatic heterocycles. The molecule has 1 heterocycles. The minimum absolute atomic E-state index is 0.0841. The molecule has 0 bridgehead atoms. The van der Waals surface area contributed by atoms with E-state index in [1.165, 1.54) is 16.2 Å². The molecule has 0 saturated carbocycles. The van der Waals surface area contributed by atoms with Crippen LogP contribution in [-0.2, 0) is 17.9 Å². The van der Waals surface area contributed by atoms with Crippen molar-refractivity contribution in [3.05, 3.63) is 87.6 Å². The highest BCUT2D eigenvalue weighted by Crippen LogP contribution is 2.17. The summed E-state index contributed by atoms with van der Waals surface area (Å²) in [5.41, 5.74) is 1.35. The van der Waals surface area contributed by atoms with Gasteiger partial charge in [0.05, 0.1) is 10.9 Å². The summed E-state index contributed by atoms with van der Waals surface area (Å²) in [6.07, 6.45) is 1.48. The Balaban J connectivity index is 1.95. The summed E-state index contributed by atoms with van der Waals surface area (Å²) < 4.78 is 2.40. The van der Waals surface area contributed by atoms with E-state index in [2.05, 4.69) is 25.7 Å². The molecule has 0 atom stereocenters. The Morgan fingerprint density at radius 2 is 1.75 bits per heavy atom. The molecular formula is C22H23N3O3. The zero-order valence-corrected chi connectivity index (χ0v) is 16.0. The molecule has 0 unspecified atom stereocenters. The number of benzene rings is 2. The Bertz CT molecular complexity index is 1140. The van der Waals surface area contributed by atoms with Gasteiger partial charge in [0.25, 0.3) is 5.56 Å². The summed E-state index contributed by atoms with van der Waals surface area (Å²) >= 11 is 0. The van der Waals surface area contributed by atoms with E-state index in [0.29, 0.717) is 22.5 Å². The van der Waals surface area contributed by atoms with Gasteiger partial charge < -0.3 is 5.32 Å². The second-order valence-corrected chi connectivity index (χ2v) is 6.92. The number of anilines is 1. The average molecular weight is 377 g/mol. The molecule has 0 aliphatic carbocycles. The minimum atomic E-state index is -0.533. The molecule has 0 aliphatic rings. The Morgan fingerprint density at radius 1 is 1.07 bits per heavy atom. The highest BCUT2D eigenvalue weighted by Gasteiger charge is 2.14. The first-order chi connectivity index (χ1) is 13.4. The van der Waals surface area contributed by atoms with Gasteiger partial charge in [-0.05, 0) is 35.7 Å². The third-order valence-corrected chi connectivity index (χ3v) is 4.61. The van der Waals surface area contributed by atoms with Crippen LogP contribution in [0.1, 0.15) is 25.3 Å². The zero-order valence-electron chi connectivity index (χ0n) is 16.0. The lowest BCUT2D eigenvalue weighted by Gasteiger charge is -2.13. The first kappa shape index (κ1) is 19.4. The number of para-hydroxylation sites is 1. The number of carbonyl (C=O) groups excluding carboxylic acids is 1. The summed E-state index contributed by atoms with van der Waals surface area (Å²) in [6, 6.07) is 14.4. The van der Waals surface area contributed by atoms with Crippen molar-refractivity contribution >= 4 is 22.5 Å². The molecule has 6 nitrogen and oxygen atoms in total. The van der Waals surface area contributed by atoms with E-state index in [1.54, 1.807) is 24.3 Å². The normalized spacial score (nSPS) is 11.0. The number of hydrogen-bond acceptors (Lipinski definition) is 3. The summed E-state index contributed by atoms with van der Waals surface area (Å²) in [5, 5.41) is 3.20. The molecule has 144 valence electrons. The van der Waals surface area contributed by atoms with E-state index in [1.807, 2.05) is 24.3 Å². The smallest absolute Gasteiger partial charge is 0.325 e. The molecule has 0 radical (unpaired) electrons. The number of fused-ring (bicyclic) bond motifs is 1. The van der Waals surface area contributed by atoms with Gasteiger partial charge in [0.2, 0.25) is 5.91 Å². The topological polar surface area (TPSA) is 73.1 Å². The van der Waals surface area contributed by atoms with Crippen molar-refractivity contribution in [3.8, 4) is 0 Å². The summed E-state index contributed by atoms with van der Waals surface area (Å²) in [6.45, 7) is 7.69. The Labute approximate surface area is 162 Å². The molecule has 0 aliphatic heterocycles. The molecular weight excluding hydrogens is 354 g/mol. The summed E-state index contributed by atoms with van der Waals surface area (Å²) in [7, 11) is 0. The van der Waals surface area contributed by atoms with Crippen molar-refractivity contribution in [1.82, 2.24) is 9.13 Å². The zero-order chi connectivity index (χ0) is 20.3. The van der Waals surface area contributed by atoms with E-state index in [9.17, 15) is 14.4 Å². The number of carbonyl (C=O) groups is 1. The molecule has 1 N–H and O–H groups in total. The molecule has 28 heavy (non-hydrogen) atoms. The molecule has 3 rings (SSSR count). The number of nitrogens with zero attached hydrogens (tertiary/aromatic N) is 2. The van der Waals surface area contributed by atoms with E-state index in [0.717, 1.165) is 4.57 Å². The first-order valence-corrected chi connectivity index (χ1v) is 9.15. The Kier molecular flexibility index (Phi) is 5.59. The average Bonchev–Trinajstić information content (AvgIpc) is 2.69. The highest BCUT2D eigenvalue weighted by molar-refractivity contribution is 5.91. The minimum Gasteiger partial charge on any atom is -0.325 e. The van der Waals surface area contributed by atoms with Crippen LogP contribution >= 0.6 is 0 Å². The van der Waals surface area contributed by atoms with Crippen LogP contribution < -0.4 is 16.6 Å². The van der Waals surface area contributed by atoms with Gasteiger partial charge in [-0.25, -0.2) is 4.79 Å². The van der Waals surface area contributed by atoms with E-state index in [4.69, 9.17) is 0 Å². The maximum absolute atomic E-state index is 12.8. The number of aromatic nitrogens is 2. The maximum Gasteiger partial charge on any atom is 0.332 e. The van der Waals surface area contributed by atoms with Gasteiger partial charge in [0.15, 0.2) is 0 Å². The lowest BCUT2D eigenvalue weighted by atomic mass is 10.0. The predicted molar refractivity (Wildman–Crippen MR) is 112 cm³/mol. The second kappa shape index (κ2) is 8.08. The molecule has 2 aromatic carbocycles. The van der Waals surface area contributed by atoms with Gasteiger partial charge >= 0.3 is 5.69 Å². The molecule has 1 amide bonds. The monoisotopic (exact) mass is 377 g/mol. The quantitative estimate of drug-likeness (QED) is 0.671. The van der Waals surface area contributed by atoms with E-state index in [-0.39, 0.29) is 24.6 Å². The van der Waals surface area contributed by atoms with Crippen LogP contribution in [0.25, 0.3) is 10.9 Å². The molecule has 0 spiro atoms.